The number of alkyl halides is 1. The van der Waals surface area contributed by atoms with Crippen LogP contribution in [0.15, 0.2) is 24.5 Å². The number of hydrogen-bond acceptors (Lipinski definition) is 2. The van der Waals surface area contributed by atoms with Gasteiger partial charge in [-0.2, -0.15) is 0 Å². The van der Waals surface area contributed by atoms with E-state index in [1.165, 1.54) is 0 Å². The van der Waals surface area contributed by atoms with Gasteiger partial charge in [0.05, 0.1) is 0 Å². The lowest BCUT2D eigenvalue weighted by molar-refractivity contribution is -0.131. The van der Waals surface area contributed by atoms with Crippen LogP contribution in [0.5, 0.6) is 0 Å². The Bertz CT molecular complexity index is 329. The molecule has 0 bridgehead atoms. The molecule has 17 heavy (non-hydrogen) atoms. The second kappa shape index (κ2) is 8.07. The van der Waals surface area contributed by atoms with Crippen molar-refractivity contribution in [1.82, 2.24) is 9.88 Å². The van der Waals surface area contributed by atoms with E-state index in [0.29, 0.717) is 18.8 Å². The zero-order valence-corrected chi connectivity index (χ0v) is 11.0. The van der Waals surface area contributed by atoms with Crippen LogP contribution in [0.4, 0.5) is 0 Å². The Morgan fingerprint density at radius 3 is 2.65 bits per heavy atom. The number of hydrogen-bond donors (Lipinski definition) is 0. The van der Waals surface area contributed by atoms with Gasteiger partial charge in [-0.15, -0.1) is 11.6 Å². The van der Waals surface area contributed by atoms with Crippen molar-refractivity contribution in [2.24, 2.45) is 0 Å². The van der Waals surface area contributed by atoms with E-state index in [1.54, 1.807) is 12.4 Å². The van der Waals surface area contributed by atoms with Crippen molar-refractivity contribution in [1.29, 1.82) is 0 Å². The Balaban J connectivity index is 2.45. The number of unbranched alkanes of at least 4 members (excludes halogenated alkanes) is 1. The molecule has 0 spiro atoms. The fraction of sp³-hybridized carbons (Fsp3) is 0.538. The molecule has 0 aliphatic heterocycles. The summed E-state index contributed by atoms with van der Waals surface area (Å²) in [7, 11) is 0. The minimum atomic E-state index is 0.203. The summed E-state index contributed by atoms with van der Waals surface area (Å²) >= 11 is 5.60. The third-order valence-electron chi connectivity index (χ3n) is 2.63. The minimum absolute atomic E-state index is 0.203. The maximum atomic E-state index is 11.9. The number of carbonyl (C=O) groups is 1. The smallest absolute Gasteiger partial charge is 0.222 e. The van der Waals surface area contributed by atoms with Gasteiger partial charge in [0.2, 0.25) is 5.91 Å². The minimum Gasteiger partial charge on any atom is -0.339 e. The van der Waals surface area contributed by atoms with Crippen molar-refractivity contribution in [2.75, 3.05) is 12.4 Å². The fourth-order valence-electron chi connectivity index (χ4n) is 1.61. The first-order chi connectivity index (χ1) is 8.27. The van der Waals surface area contributed by atoms with Crippen LogP contribution in [0.3, 0.4) is 0 Å². The number of nitrogens with zero attached hydrogens (tertiary/aromatic N) is 2. The molecule has 0 saturated carbocycles. The van der Waals surface area contributed by atoms with E-state index >= 15 is 0 Å². The van der Waals surface area contributed by atoms with E-state index < -0.39 is 0 Å². The van der Waals surface area contributed by atoms with Crippen molar-refractivity contribution in [3.63, 3.8) is 0 Å². The molecule has 0 aromatic carbocycles. The maximum Gasteiger partial charge on any atom is 0.222 e. The van der Waals surface area contributed by atoms with Crippen LogP contribution >= 0.6 is 11.6 Å². The van der Waals surface area contributed by atoms with Crippen molar-refractivity contribution in [2.45, 2.75) is 32.7 Å². The second-order valence-electron chi connectivity index (χ2n) is 3.91. The largest absolute Gasteiger partial charge is 0.339 e. The predicted octanol–water partition coefficient (Wildman–Crippen LogP) is 2.84. The third kappa shape index (κ3) is 5.18. The first-order valence-corrected chi connectivity index (χ1v) is 6.54. The van der Waals surface area contributed by atoms with Gasteiger partial charge >= 0.3 is 0 Å². The zero-order valence-electron chi connectivity index (χ0n) is 10.2. The SMILES string of the molecule is CCN(Cc1ccncc1)C(=O)CCCCCl. The highest BCUT2D eigenvalue weighted by Gasteiger charge is 2.11. The van der Waals surface area contributed by atoms with Crippen molar-refractivity contribution in [3.8, 4) is 0 Å². The molecule has 1 aromatic heterocycles. The van der Waals surface area contributed by atoms with Crippen LogP contribution in [0, 0.1) is 0 Å². The Hall–Kier alpha value is -1.09. The topological polar surface area (TPSA) is 33.2 Å². The van der Waals surface area contributed by atoms with E-state index in [0.717, 1.165) is 24.9 Å². The molecular formula is C13H19ClN2O. The molecule has 94 valence electrons. The molecule has 0 radical (unpaired) electrons. The van der Waals surface area contributed by atoms with Crippen LogP contribution in [-0.4, -0.2) is 28.2 Å². The summed E-state index contributed by atoms with van der Waals surface area (Å²) in [5.41, 5.74) is 1.12. The summed E-state index contributed by atoms with van der Waals surface area (Å²) in [6.07, 6.45) is 5.86. The van der Waals surface area contributed by atoms with E-state index in [2.05, 4.69) is 4.98 Å². The van der Waals surface area contributed by atoms with Gasteiger partial charge < -0.3 is 4.90 Å². The molecule has 3 nitrogen and oxygen atoms in total. The van der Waals surface area contributed by atoms with Crippen molar-refractivity contribution >= 4 is 17.5 Å². The standard InChI is InChI=1S/C13H19ClN2O/c1-2-16(13(17)5-3-4-8-14)11-12-6-9-15-10-7-12/h6-7,9-10H,2-5,8,11H2,1H3. The normalized spacial score (nSPS) is 10.2. The van der Waals surface area contributed by atoms with Crippen LogP contribution in [-0.2, 0) is 11.3 Å². The van der Waals surface area contributed by atoms with Crippen LogP contribution in [0.25, 0.3) is 0 Å². The van der Waals surface area contributed by atoms with Gasteiger partial charge in [0.15, 0.2) is 0 Å². The van der Waals surface area contributed by atoms with Gasteiger partial charge in [0.25, 0.3) is 0 Å². The van der Waals surface area contributed by atoms with Gasteiger partial charge in [-0.3, -0.25) is 9.78 Å². The van der Waals surface area contributed by atoms with E-state index in [9.17, 15) is 4.79 Å². The highest BCUT2D eigenvalue weighted by molar-refractivity contribution is 6.17. The first-order valence-electron chi connectivity index (χ1n) is 6.00. The Labute approximate surface area is 108 Å². The monoisotopic (exact) mass is 254 g/mol. The highest BCUT2D eigenvalue weighted by Crippen LogP contribution is 2.07. The molecule has 1 heterocycles. The molecule has 1 amide bonds. The molecule has 0 saturated heterocycles. The van der Waals surface area contributed by atoms with Crippen LogP contribution in [0.1, 0.15) is 31.7 Å². The number of carbonyl (C=O) groups excluding carboxylic acids is 1. The van der Waals surface area contributed by atoms with Gasteiger partial charge in [-0.1, -0.05) is 0 Å². The summed E-state index contributed by atoms with van der Waals surface area (Å²) in [6, 6.07) is 3.88. The van der Waals surface area contributed by atoms with Gasteiger partial charge in [-0.25, -0.2) is 0 Å². The molecule has 0 N–H and O–H groups in total. The summed E-state index contributed by atoms with van der Waals surface area (Å²) < 4.78 is 0. The first kappa shape index (κ1) is 14.0. The molecule has 0 aliphatic carbocycles. The van der Waals surface area contributed by atoms with E-state index in [1.807, 2.05) is 24.0 Å². The van der Waals surface area contributed by atoms with Crippen molar-refractivity contribution in [3.05, 3.63) is 30.1 Å². The molecule has 0 atom stereocenters. The highest BCUT2D eigenvalue weighted by atomic mass is 35.5. The number of amides is 1. The average molecular weight is 255 g/mol. The molecule has 0 fully saturated rings. The van der Waals surface area contributed by atoms with Crippen molar-refractivity contribution < 1.29 is 4.79 Å². The number of pyridine rings is 1. The van der Waals surface area contributed by atoms with Gasteiger partial charge in [-0.05, 0) is 37.5 Å². The summed E-state index contributed by atoms with van der Waals surface area (Å²) in [4.78, 5) is 17.8. The lowest BCUT2D eigenvalue weighted by Crippen LogP contribution is -2.30. The average Bonchev–Trinajstić information content (AvgIpc) is 2.37. The zero-order chi connectivity index (χ0) is 12.5. The van der Waals surface area contributed by atoms with Gasteiger partial charge in [0, 0.05) is 37.8 Å². The van der Waals surface area contributed by atoms with Crippen LogP contribution in [0.2, 0.25) is 0 Å². The number of aromatic nitrogens is 1. The fourth-order valence-corrected chi connectivity index (χ4v) is 1.80. The molecule has 1 aromatic rings. The van der Waals surface area contributed by atoms with Gasteiger partial charge in [0.1, 0.15) is 0 Å². The quantitative estimate of drug-likeness (QED) is 0.554. The molecular weight excluding hydrogens is 236 g/mol. The number of halogens is 1. The molecule has 1 rings (SSSR count). The maximum absolute atomic E-state index is 11.9. The lowest BCUT2D eigenvalue weighted by atomic mass is 10.2. The third-order valence-corrected chi connectivity index (χ3v) is 2.90. The molecule has 0 unspecified atom stereocenters. The summed E-state index contributed by atoms with van der Waals surface area (Å²) in [5, 5.41) is 0. The molecule has 4 heteroatoms. The Kier molecular flexibility index (Phi) is 6.63. The van der Waals surface area contributed by atoms with E-state index in [-0.39, 0.29) is 5.91 Å². The number of rotatable bonds is 7. The lowest BCUT2D eigenvalue weighted by Gasteiger charge is -2.20. The summed E-state index contributed by atoms with van der Waals surface area (Å²) in [6.45, 7) is 3.40. The van der Waals surface area contributed by atoms with E-state index in [4.69, 9.17) is 11.6 Å². The molecule has 0 aliphatic rings. The second-order valence-corrected chi connectivity index (χ2v) is 4.29. The Morgan fingerprint density at radius 1 is 1.35 bits per heavy atom. The predicted molar refractivity (Wildman–Crippen MR) is 69.9 cm³/mol. The summed E-state index contributed by atoms with van der Waals surface area (Å²) in [5.74, 6) is 0.832. The Morgan fingerprint density at radius 2 is 2.06 bits per heavy atom. The van der Waals surface area contributed by atoms with Crippen LogP contribution < -0.4 is 0 Å².